The predicted molar refractivity (Wildman–Crippen MR) is 78.4 cm³/mol. The molecule has 0 saturated carbocycles. The SMILES string of the molecule is C=C.N#Cc1cc(F)cc(NC(=O)c2ccc(O)cc2)c1. The lowest BCUT2D eigenvalue weighted by atomic mass is 10.1. The molecule has 0 aliphatic carbocycles. The first kappa shape index (κ1) is 15.9. The summed E-state index contributed by atoms with van der Waals surface area (Å²) in [5.41, 5.74) is 0.649. The van der Waals surface area contributed by atoms with Gasteiger partial charge in [0.2, 0.25) is 0 Å². The molecule has 0 fully saturated rings. The number of nitrogens with zero attached hydrogens (tertiary/aromatic N) is 1. The van der Waals surface area contributed by atoms with Crippen molar-refractivity contribution in [2.24, 2.45) is 0 Å². The van der Waals surface area contributed by atoms with Crippen LogP contribution in [-0.4, -0.2) is 11.0 Å². The summed E-state index contributed by atoms with van der Waals surface area (Å²) in [5, 5.41) is 20.3. The molecule has 1 amide bonds. The number of benzene rings is 2. The Hall–Kier alpha value is -3.13. The molecule has 0 radical (unpaired) electrons. The molecule has 106 valence electrons. The average Bonchev–Trinajstić information content (AvgIpc) is 2.49. The maximum Gasteiger partial charge on any atom is 0.255 e. The number of anilines is 1. The van der Waals surface area contributed by atoms with E-state index in [1.54, 1.807) is 6.07 Å². The highest BCUT2D eigenvalue weighted by Crippen LogP contribution is 2.16. The zero-order valence-corrected chi connectivity index (χ0v) is 11.1. The Morgan fingerprint density at radius 2 is 1.81 bits per heavy atom. The molecule has 0 spiro atoms. The van der Waals surface area contributed by atoms with Crippen molar-refractivity contribution in [1.82, 2.24) is 0 Å². The third kappa shape index (κ3) is 4.48. The number of hydrogen-bond donors (Lipinski definition) is 2. The van der Waals surface area contributed by atoms with Gasteiger partial charge in [-0.2, -0.15) is 5.26 Å². The van der Waals surface area contributed by atoms with Gasteiger partial charge in [-0.05, 0) is 42.5 Å². The van der Waals surface area contributed by atoms with Crippen molar-refractivity contribution in [3.63, 3.8) is 0 Å². The van der Waals surface area contributed by atoms with Crippen LogP contribution in [0.2, 0.25) is 0 Å². The van der Waals surface area contributed by atoms with Gasteiger partial charge in [-0.1, -0.05) is 0 Å². The van der Waals surface area contributed by atoms with Crippen LogP contribution < -0.4 is 5.32 Å². The predicted octanol–water partition coefficient (Wildman–Crippen LogP) is 3.46. The second-order valence-electron chi connectivity index (χ2n) is 3.84. The molecule has 2 aromatic carbocycles. The summed E-state index contributed by atoms with van der Waals surface area (Å²) >= 11 is 0. The maximum absolute atomic E-state index is 13.2. The Balaban J connectivity index is 0.00000106. The summed E-state index contributed by atoms with van der Waals surface area (Å²) < 4.78 is 13.2. The number of nitriles is 1. The summed E-state index contributed by atoms with van der Waals surface area (Å²) in [6.45, 7) is 6.00. The number of phenols is 1. The molecule has 0 aliphatic rings. The molecule has 2 rings (SSSR count). The third-order valence-electron chi connectivity index (χ3n) is 2.41. The van der Waals surface area contributed by atoms with Crippen LogP contribution >= 0.6 is 0 Å². The Morgan fingerprint density at radius 3 is 2.38 bits per heavy atom. The number of hydrogen-bond acceptors (Lipinski definition) is 3. The molecule has 2 aromatic rings. The van der Waals surface area contributed by atoms with Gasteiger partial charge in [0.25, 0.3) is 5.91 Å². The smallest absolute Gasteiger partial charge is 0.255 e. The summed E-state index contributed by atoms with van der Waals surface area (Å²) in [5.74, 6) is -0.997. The molecule has 0 aliphatic heterocycles. The fourth-order valence-electron chi connectivity index (χ4n) is 1.54. The minimum atomic E-state index is -0.597. The fourth-order valence-corrected chi connectivity index (χ4v) is 1.54. The van der Waals surface area contributed by atoms with Gasteiger partial charge in [-0.3, -0.25) is 4.79 Å². The van der Waals surface area contributed by atoms with Gasteiger partial charge in [0, 0.05) is 11.3 Å². The van der Waals surface area contributed by atoms with Crippen molar-refractivity contribution in [1.29, 1.82) is 5.26 Å². The number of amides is 1. The van der Waals surface area contributed by atoms with Gasteiger partial charge in [-0.25, -0.2) is 4.39 Å². The standard InChI is InChI=1S/C14H9FN2O2.C2H4/c15-11-5-9(8-16)6-12(7-11)17-14(19)10-1-3-13(18)4-2-10;1-2/h1-7,18H,(H,17,19);1-2H2. The molecule has 0 heterocycles. The van der Waals surface area contributed by atoms with Crippen molar-refractivity contribution in [3.8, 4) is 11.8 Å². The Labute approximate surface area is 121 Å². The minimum Gasteiger partial charge on any atom is -0.508 e. The van der Waals surface area contributed by atoms with Crippen LogP contribution in [0.15, 0.2) is 55.6 Å². The Kier molecular flexibility index (Phi) is 5.66. The minimum absolute atomic E-state index is 0.0501. The molecular weight excluding hydrogens is 271 g/mol. The number of carbonyl (C=O) groups is 1. The number of halogens is 1. The van der Waals surface area contributed by atoms with Gasteiger partial charge in [0.15, 0.2) is 0 Å². The molecule has 0 saturated heterocycles. The molecule has 0 atom stereocenters. The van der Waals surface area contributed by atoms with Crippen LogP contribution in [0, 0.1) is 17.1 Å². The van der Waals surface area contributed by atoms with Crippen LogP contribution in [0.1, 0.15) is 15.9 Å². The first-order valence-electron chi connectivity index (χ1n) is 5.89. The van der Waals surface area contributed by atoms with Crippen molar-refractivity contribution >= 4 is 11.6 Å². The van der Waals surface area contributed by atoms with Crippen LogP contribution in [-0.2, 0) is 0 Å². The lowest BCUT2D eigenvalue weighted by Gasteiger charge is -2.06. The highest BCUT2D eigenvalue weighted by Gasteiger charge is 2.07. The third-order valence-corrected chi connectivity index (χ3v) is 2.41. The fraction of sp³-hybridized carbons (Fsp3) is 0. The molecule has 21 heavy (non-hydrogen) atoms. The van der Waals surface area contributed by atoms with E-state index in [2.05, 4.69) is 18.5 Å². The van der Waals surface area contributed by atoms with E-state index in [4.69, 9.17) is 10.4 Å². The monoisotopic (exact) mass is 284 g/mol. The van der Waals surface area contributed by atoms with Crippen LogP contribution in [0.25, 0.3) is 0 Å². The van der Waals surface area contributed by atoms with Gasteiger partial charge < -0.3 is 10.4 Å². The number of rotatable bonds is 2. The normalized spacial score (nSPS) is 8.95. The second-order valence-corrected chi connectivity index (χ2v) is 3.84. The first-order chi connectivity index (χ1) is 10.1. The lowest BCUT2D eigenvalue weighted by molar-refractivity contribution is 0.102. The van der Waals surface area contributed by atoms with Crippen molar-refractivity contribution in [3.05, 3.63) is 72.6 Å². The summed E-state index contributed by atoms with van der Waals surface area (Å²) in [6.07, 6.45) is 0. The number of nitrogens with one attached hydrogen (secondary N) is 1. The molecule has 4 nitrogen and oxygen atoms in total. The quantitative estimate of drug-likeness (QED) is 0.829. The molecule has 0 bridgehead atoms. The van der Waals surface area contributed by atoms with E-state index in [0.717, 1.165) is 12.1 Å². The molecule has 0 aromatic heterocycles. The molecule has 5 heteroatoms. The molecular formula is C16H13FN2O2. The molecule has 2 N–H and O–H groups in total. The van der Waals surface area contributed by atoms with Crippen molar-refractivity contribution < 1.29 is 14.3 Å². The zero-order chi connectivity index (χ0) is 15.8. The summed E-state index contributed by atoms with van der Waals surface area (Å²) in [7, 11) is 0. The van der Waals surface area contributed by atoms with Crippen LogP contribution in [0.3, 0.4) is 0 Å². The van der Waals surface area contributed by atoms with E-state index < -0.39 is 11.7 Å². The Bertz CT molecular complexity index is 676. The second kappa shape index (κ2) is 7.46. The number of phenolic OH excluding ortho intramolecular Hbond substituents is 1. The van der Waals surface area contributed by atoms with Crippen molar-refractivity contribution in [2.45, 2.75) is 0 Å². The van der Waals surface area contributed by atoms with Gasteiger partial charge in [0.05, 0.1) is 11.6 Å². The van der Waals surface area contributed by atoms with E-state index in [-0.39, 0.29) is 17.0 Å². The van der Waals surface area contributed by atoms with Crippen molar-refractivity contribution in [2.75, 3.05) is 5.32 Å². The molecule has 0 unspecified atom stereocenters. The van der Waals surface area contributed by atoms with E-state index in [0.29, 0.717) is 5.56 Å². The Morgan fingerprint density at radius 1 is 1.19 bits per heavy atom. The largest absolute Gasteiger partial charge is 0.508 e. The van der Waals surface area contributed by atoms with Crippen LogP contribution in [0.4, 0.5) is 10.1 Å². The maximum atomic E-state index is 13.2. The zero-order valence-electron chi connectivity index (χ0n) is 11.1. The highest BCUT2D eigenvalue weighted by atomic mass is 19.1. The topological polar surface area (TPSA) is 73.1 Å². The summed E-state index contributed by atoms with van der Waals surface area (Å²) in [6, 6.07) is 11.0. The highest BCUT2D eigenvalue weighted by molar-refractivity contribution is 6.04. The lowest BCUT2D eigenvalue weighted by Crippen LogP contribution is -2.11. The van der Waals surface area contributed by atoms with Gasteiger partial charge in [-0.15, -0.1) is 13.2 Å². The average molecular weight is 284 g/mol. The van der Waals surface area contributed by atoms with Crippen LogP contribution in [0.5, 0.6) is 5.75 Å². The number of carbonyl (C=O) groups excluding carboxylic acids is 1. The van der Waals surface area contributed by atoms with E-state index in [1.165, 1.54) is 30.3 Å². The van der Waals surface area contributed by atoms with Gasteiger partial charge in [0.1, 0.15) is 11.6 Å². The first-order valence-corrected chi connectivity index (χ1v) is 5.89. The summed E-state index contributed by atoms with van der Waals surface area (Å²) in [4.78, 5) is 11.8. The van der Waals surface area contributed by atoms with E-state index >= 15 is 0 Å². The van der Waals surface area contributed by atoms with E-state index in [9.17, 15) is 9.18 Å². The van der Waals surface area contributed by atoms with E-state index in [1.807, 2.05) is 0 Å². The van der Waals surface area contributed by atoms with Gasteiger partial charge >= 0.3 is 0 Å². The number of aromatic hydroxyl groups is 1.